The van der Waals surface area contributed by atoms with Crippen LogP contribution in [0.15, 0.2) is 24.3 Å². The molecule has 0 radical (unpaired) electrons. The third-order valence-corrected chi connectivity index (χ3v) is 1.31. The Labute approximate surface area is 81.5 Å². The third-order valence-electron chi connectivity index (χ3n) is 1.31. The summed E-state index contributed by atoms with van der Waals surface area (Å²) in [6.07, 6.45) is 0. The van der Waals surface area contributed by atoms with Gasteiger partial charge in [-0.25, -0.2) is 4.39 Å². The average Bonchev–Trinajstić information content (AvgIpc) is 2.03. The maximum atomic E-state index is 12.4. The number of halogens is 2. The smallest absolute Gasteiger partial charge is 0.236 e. The fraction of sp³-hybridized carbons (Fsp3) is 0.125. The van der Waals surface area contributed by atoms with Crippen LogP contribution in [0.5, 0.6) is 0 Å². The first-order chi connectivity index (χ1) is 5.68. The normalized spacial score (nSPS) is 8.69. The molecule has 0 aliphatic heterocycles. The lowest BCUT2D eigenvalue weighted by atomic mass is 10.3. The van der Waals surface area contributed by atoms with Gasteiger partial charge in [0.25, 0.3) is 0 Å². The van der Waals surface area contributed by atoms with Crippen molar-refractivity contribution in [3.63, 3.8) is 0 Å². The lowest BCUT2D eigenvalue weighted by Crippen LogP contribution is -2.21. The second-order valence-corrected chi connectivity index (χ2v) is 2.33. The molecule has 1 aromatic rings. The molecule has 72 valence electrons. The largest absolute Gasteiger partial charge is 0.376 e. The minimum absolute atomic E-state index is 0. The molecule has 1 rings (SSSR count). The van der Waals surface area contributed by atoms with Crippen molar-refractivity contribution in [3.05, 3.63) is 30.1 Å². The molecule has 5 heteroatoms. The molecule has 3 nitrogen and oxygen atoms in total. The first-order valence-corrected chi connectivity index (χ1v) is 3.46. The van der Waals surface area contributed by atoms with Crippen LogP contribution >= 0.6 is 12.4 Å². The maximum Gasteiger partial charge on any atom is 0.236 e. The number of nitrogens with two attached hydrogens (primary N) is 1. The van der Waals surface area contributed by atoms with Gasteiger partial charge in [0.2, 0.25) is 5.91 Å². The number of benzene rings is 1. The molecule has 0 aliphatic rings. The van der Waals surface area contributed by atoms with Gasteiger partial charge < -0.3 is 11.1 Å². The van der Waals surface area contributed by atoms with Gasteiger partial charge in [-0.3, -0.25) is 4.79 Å². The lowest BCUT2D eigenvalue weighted by Gasteiger charge is -2.01. The van der Waals surface area contributed by atoms with Gasteiger partial charge in [-0.15, -0.1) is 12.4 Å². The zero-order valence-corrected chi connectivity index (χ0v) is 7.60. The Morgan fingerprint density at radius 2 is 1.92 bits per heavy atom. The quantitative estimate of drug-likeness (QED) is 0.776. The topological polar surface area (TPSA) is 55.1 Å². The Balaban J connectivity index is 0.00000144. The van der Waals surface area contributed by atoms with Crippen LogP contribution in [0.25, 0.3) is 0 Å². The Bertz CT molecular complexity index is 276. The summed E-state index contributed by atoms with van der Waals surface area (Å²) in [4.78, 5) is 10.3. The third kappa shape index (κ3) is 4.32. The van der Waals surface area contributed by atoms with Crippen molar-refractivity contribution in [3.8, 4) is 0 Å². The number of amides is 1. The molecule has 0 bridgehead atoms. The van der Waals surface area contributed by atoms with Crippen LogP contribution in [0, 0.1) is 5.82 Å². The molecule has 0 aliphatic carbocycles. The monoisotopic (exact) mass is 204 g/mol. The molecule has 1 aromatic carbocycles. The van der Waals surface area contributed by atoms with E-state index in [1.54, 1.807) is 0 Å². The highest BCUT2D eigenvalue weighted by atomic mass is 35.5. The molecule has 0 unspecified atom stereocenters. The number of hydrogen-bond donors (Lipinski definition) is 2. The van der Waals surface area contributed by atoms with Crippen molar-refractivity contribution in [2.24, 2.45) is 5.73 Å². The molecule has 13 heavy (non-hydrogen) atoms. The van der Waals surface area contributed by atoms with Gasteiger partial charge in [-0.1, -0.05) is 0 Å². The number of carbonyl (C=O) groups is 1. The Kier molecular flexibility index (Phi) is 4.84. The van der Waals surface area contributed by atoms with Crippen LogP contribution in [-0.2, 0) is 4.79 Å². The summed E-state index contributed by atoms with van der Waals surface area (Å²) in [5.74, 6) is -0.751. The van der Waals surface area contributed by atoms with Gasteiger partial charge in [0.1, 0.15) is 5.82 Å². The van der Waals surface area contributed by atoms with Gasteiger partial charge >= 0.3 is 0 Å². The summed E-state index contributed by atoms with van der Waals surface area (Å²) in [7, 11) is 0. The molecule has 0 fully saturated rings. The summed E-state index contributed by atoms with van der Waals surface area (Å²) >= 11 is 0. The van der Waals surface area contributed by atoms with Crippen molar-refractivity contribution in [1.29, 1.82) is 0 Å². The van der Waals surface area contributed by atoms with E-state index in [0.717, 1.165) is 0 Å². The number of hydrogen-bond acceptors (Lipinski definition) is 2. The van der Waals surface area contributed by atoms with Crippen molar-refractivity contribution >= 4 is 24.0 Å². The summed E-state index contributed by atoms with van der Waals surface area (Å²) in [6.45, 7) is 0.0611. The van der Waals surface area contributed by atoms with Gasteiger partial charge in [0.05, 0.1) is 6.54 Å². The number of carbonyl (C=O) groups excluding carboxylic acids is 1. The minimum atomic E-state index is -0.445. The predicted molar refractivity (Wildman–Crippen MR) is 51.3 cm³/mol. The molecular formula is C8H10ClFN2O. The van der Waals surface area contributed by atoms with E-state index in [1.807, 2.05) is 0 Å². The molecule has 1 amide bonds. The van der Waals surface area contributed by atoms with E-state index < -0.39 is 5.91 Å². The van der Waals surface area contributed by atoms with Crippen molar-refractivity contribution < 1.29 is 9.18 Å². The molecule has 0 aromatic heterocycles. The standard InChI is InChI=1S/C8H9FN2O.ClH/c9-6-1-3-7(4-2-6)11-5-8(10)12;/h1-4,11H,5H2,(H2,10,12);1H. The highest BCUT2D eigenvalue weighted by Crippen LogP contribution is 2.06. The van der Waals surface area contributed by atoms with E-state index in [-0.39, 0.29) is 24.8 Å². The van der Waals surface area contributed by atoms with E-state index in [2.05, 4.69) is 5.32 Å². The zero-order valence-electron chi connectivity index (χ0n) is 6.79. The van der Waals surface area contributed by atoms with E-state index in [1.165, 1.54) is 24.3 Å². The number of rotatable bonds is 3. The molecule has 0 atom stereocenters. The van der Waals surface area contributed by atoms with Gasteiger partial charge in [-0.2, -0.15) is 0 Å². The summed E-state index contributed by atoms with van der Waals surface area (Å²) in [6, 6.07) is 5.70. The van der Waals surface area contributed by atoms with Crippen molar-refractivity contribution in [2.75, 3.05) is 11.9 Å². The lowest BCUT2D eigenvalue weighted by molar-refractivity contribution is -0.116. The molecular weight excluding hydrogens is 195 g/mol. The fourth-order valence-electron chi connectivity index (χ4n) is 0.757. The number of primary amides is 1. The Morgan fingerprint density at radius 3 is 2.38 bits per heavy atom. The Hall–Kier alpha value is -1.29. The first-order valence-electron chi connectivity index (χ1n) is 3.46. The minimum Gasteiger partial charge on any atom is -0.376 e. The van der Waals surface area contributed by atoms with Gasteiger partial charge in [0.15, 0.2) is 0 Å². The van der Waals surface area contributed by atoms with Crippen LogP contribution in [0.1, 0.15) is 0 Å². The molecule has 0 spiro atoms. The second-order valence-electron chi connectivity index (χ2n) is 2.33. The summed E-state index contributed by atoms with van der Waals surface area (Å²) in [5.41, 5.74) is 5.57. The van der Waals surface area contributed by atoms with Gasteiger partial charge in [0, 0.05) is 5.69 Å². The van der Waals surface area contributed by atoms with Crippen LogP contribution in [0.2, 0.25) is 0 Å². The average molecular weight is 205 g/mol. The summed E-state index contributed by atoms with van der Waals surface area (Å²) < 4.78 is 12.4. The number of nitrogens with one attached hydrogen (secondary N) is 1. The Morgan fingerprint density at radius 1 is 1.38 bits per heavy atom. The predicted octanol–water partition coefficient (Wildman–Crippen LogP) is 1.14. The van der Waals surface area contributed by atoms with E-state index in [9.17, 15) is 9.18 Å². The second kappa shape index (κ2) is 5.37. The van der Waals surface area contributed by atoms with Crippen LogP contribution in [-0.4, -0.2) is 12.5 Å². The SMILES string of the molecule is Cl.NC(=O)CNc1ccc(F)cc1. The van der Waals surface area contributed by atoms with Crippen molar-refractivity contribution in [1.82, 2.24) is 0 Å². The maximum absolute atomic E-state index is 12.4. The van der Waals surface area contributed by atoms with Gasteiger partial charge in [-0.05, 0) is 24.3 Å². The zero-order chi connectivity index (χ0) is 8.97. The van der Waals surface area contributed by atoms with E-state index in [4.69, 9.17) is 5.73 Å². The highest BCUT2D eigenvalue weighted by molar-refractivity contribution is 5.85. The molecule has 0 saturated heterocycles. The first kappa shape index (κ1) is 11.7. The highest BCUT2D eigenvalue weighted by Gasteiger charge is 1.94. The van der Waals surface area contributed by atoms with E-state index in [0.29, 0.717) is 5.69 Å². The fourth-order valence-corrected chi connectivity index (χ4v) is 0.757. The molecule has 3 N–H and O–H groups in total. The van der Waals surface area contributed by atoms with Crippen LogP contribution < -0.4 is 11.1 Å². The summed E-state index contributed by atoms with van der Waals surface area (Å²) in [5, 5.41) is 2.73. The van der Waals surface area contributed by atoms with Crippen LogP contribution in [0.4, 0.5) is 10.1 Å². The van der Waals surface area contributed by atoms with Crippen molar-refractivity contribution in [2.45, 2.75) is 0 Å². The molecule has 0 heterocycles. The van der Waals surface area contributed by atoms with Crippen LogP contribution in [0.3, 0.4) is 0 Å². The number of anilines is 1. The molecule has 0 saturated carbocycles. The van der Waals surface area contributed by atoms with E-state index >= 15 is 0 Å².